The topological polar surface area (TPSA) is 107 Å². The molecule has 2 aromatic heterocycles. The molecule has 0 aliphatic carbocycles. The molecule has 0 saturated carbocycles. The van der Waals surface area contributed by atoms with Gasteiger partial charge in [-0.1, -0.05) is 41.9 Å². The smallest absolute Gasteiger partial charge is 0.263 e. The number of aromatic nitrogens is 4. The van der Waals surface area contributed by atoms with Crippen molar-refractivity contribution in [1.29, 1.82) is 0 Å². The molecule has 0 spiro atoms. The maximum absolute atomic E-state index is 12.1. The van der Waals surface area contributed by atoms with Crippen LogP contribution in [0.4, 0.5) is 0 Å². The Bertz CT molecular complexity index is 1220. The van der Waals surface area contributed by atoms with E-state index in [1.807, 2.05) is 36.4 Å². The third-order valence-electron chi connectivity index (χ3n) is 4.21. The van der Waals surface area contributed by atoms with Crippen LogP contribution in [0.25, 0.3) is 22.7 Å². The van der Waals surface area contributed by atoms with E-state index in [9.17, 15) is 4.79 Å². The molecule has 31 heavy (non-hydrogen) atoms. The molecule has 4 rings (SSSR count). The summed E-state index contributed by atoms with van der Waals surface area (Å²) in [6.45, 7) is -0.120. The molecule has 0 atom stereocenters. The van der Waals surface area contributed by atoms with Gasteiger partial charge in [-0.2, -0.15) is 9.90 Å². The fraction of sp³-hybridized carbons (Fsp3) is 0.0952. The number of nitrogens with one attached hydrogen (secondary N) is 1. The van der Waals surface area contributed by atoms with E-state index in [2.05, 4.69) is 25.9 Å². The molecule has 1 amide bonds. The average molecular weight is 437 g/mol. The summed E-state index contributed by atoms with van der Waals surface area (Å²) >= 11 is 6.15. The van der Waals surface area contributed by atoms with Crippen molar-refractivity contribution in [3.05, 3.63) is 71.4 Å². The predicted octanol–water partition coefficient (Wildman–Crippen LogP) is 3.41. The molecule has 4 aromatic rings. The summed E-state index contributed by atoms with van der Waals surface area (Å²) in [5, 5.41) is 16.4. The molecular weight excluding hydrogens is 420 g/mol. The molecule has 0 fully saturated rings. The molecule has 2 heterocycles. The first-order valence-electron chi connectivity index (χ1n) is 9.21. The Morgan fingerprint density at radius 2 is 2.03 bits per heavy atom. The van der Waals surface area contributed by atoms with Crippen molar-refractivity contribution in [1.82, 2.24) is 25.6 Å². The second kappa shape index (κ2) is 9.23. The fourth-order valence-corrected chi connectivity index (χ4v) is 3.00. The van der Waals surface area contributed by atoms with Crippen LogP contribution < -0.4 is 10.2 Å². The van der Waals surface area contributed by atoms with E-state index in [0.717, 1.165) is 11.1 Å². The van der Waals surface area contributed by atoms with Gasteiger partial charge in [-0.25, -0.2) is 5.43 Å². The lowest BCUT2D eigenvalue weighted by molar-refractivity contribution is -0.122. The van der Waals surface area contributed by atoms with Crippen LogP contribution in [0.1, 0.15) is 5.76 Å². The highest BCUT2D eigenvalue weighted by Gasteiger charge is 2.09. The van der Waals surface area contributed by atoms with Crippen LogP contribution in [-0.2, 0) is 11.3 Å². The largest absolute Gasteiger partial charge is 0.495 e. The van der Waals surface area contributed by atoms with Crippen LogP contribution >= 0.6 is 11.6 Å². The average Bonchev–Trinajstić information content (AvgIpc) is 3.44. The van der Waals surface area contributed by atoms with Gasteiger partial charge < -0.3 is 9.15 Å². The highest BCUT2D eigenvalue weighted by molar-refractivity contribution is 6.32. The van der Waals surface area contributed by atoms with E-state index in [4.69, 9.17) is 20.8 Å². The van der Waals surface area contributed by atoms with Crippen LogP contribution in [0.15, 0.2) is 70.2 Å². The van der Waals surface area contributed by atoms with Crippen molar-refractivity contribution in [3.63, 3.8) is 0 Å². The van der Waals surface area contributed by atoms with Gasteiger partial charge in [0.05, 0.1) is 18.3 Å². The highest BCUT2D eigenvalue weighted by Crippen LogP contribution is 2.30. The standard InChI is InChI=1S/C21H17ClN6O3/c1-30-19-9-7-15(11-17(19)22)18-10-8-16(31-18)12-23-24-20(29)13-28-26-21(25-27-28)14-5-3-2-4-6-14/h2-12H,13H2,1H3,(H,24,29)/b23-12-. The Balaban J connectivity index is 1.33. The molecule has 0 unspecified atom stereocenters. The van der Waals surface area contributed by atoms with Gasteiger partial charge in [-0.3, -0.25) is 4.79 Å². The van der Waals surface area contributed by atoms with Gasteiger partial charge in [-0.05, 0) is 35.5 Å². The van der Waals surface area contributed by atoms with Crippen molar-refractivity contribution >= 4 is 23.7 Å². The Hall–Kier alpha value is -3.98. The van der Waals surface area contributed by atoms with E-state index in [1.165, 1.54) is 11.0 Å². The number of carbonyl (C=O) groups is 1. The van der Waals surface area contributed by atoms with E-state index < -0.39 is 5.91 Å². The number of hydrazone groups is 1. The number of rotatable bonds is 7. The normalized spacial score (nSPS) is 11.0. The summed E-state index contributed by atoms with van der Waals surface area (Å²) in [7, 11) is 1.55. The Morgan fingerprint density at radius 3 is 2.81 bits per heavy atom. The molecule has 2 aromatic carbocycles. The summed E-state index contributed by atoms with van der Waals surface area (Å²) in [5.74, 6) is 1.70. The van der Waals surface area contributed by atoms with Crippen molar-refractivity contribution in [2.45, 2.75) is 6.54 Å². The number of hydrogen-bond donors (Lipinski definition) is 1. The number of amides is 1. The van der Waals surface area contributed by atoms with Crippen molar-refractivity contribution in [3.8, 4) is 28.5 Å². The van der Waals surface area contributed by atoms with Crippen molar-refractivity contribution < 1.29 is 13.9 Å². The van der Waals surface area contributed by atoms with E-state index in [-0.39, 0.29) is 6.54 Å². The van der Waals surface area contributed by atoms with E-state index in [1.54, 1.807) is 31.4 Å². The molecule has 0 saturated heterocycles. The minimum atomic E-state index is -0.401. The van der Waals surface area contributed by atoms with Crippen LogP contribution in [0.5, 0.6) is 5.75 Å². The first kappa shape index (κ1) is 20.3. The lowest BCUT2D eigenvalue weighted by atomic mass is 10.2. The van der Waals surface area contributed by atoms with Gasteiger partial charge in [0.2, 0.25) is 5.82 Å². The molecular formula is C21H17ClN6O3. The van der Waals surface area contributed by atoms with E-state index >= 15 is 0 Å². The summed E-state index contributed by atoms with van der Waals surface area (Å²) in [6.07, 6.45) is 1.40. The number of benzene rings is 2. The first-order chi connectivity index (χ1) is 15.1. The summed E-state index contributed by atoms with van der Waals surface area (Å²) in [6, 6.07) is 18.2. The lowest BCUT2D eigenvalue weighted by Gasteiger charge is -2.04. The second-order valence-electron chi connectivity index (χ2n) is 6.35. The predicted molar refractivity (Wildman–Crippen MR) is 115 cm³/mol. The Morgan fingerprint density at radius 1 is 1.19 bits per heavy atom. The molecule has 156 valence electrons. The lowest BCUT2D eigenvalue weighted by Crippen LogP contribution is -2.24. The number of furan rings is 1. The minimum absolute atomic E-state index is 0.120. The third-order valence-corrected chi connectivity index (χ3v) is 4.51. The quantitative estimate of drug-likeness (QED) is 0.351. The van der Waals surface area contributed by atoms with Gasteiger partial charge in [0, 0.05) is 11.1 Å². The van der Waals surface area contributed by atoms with Crippen LogP contribution in [0, 0.1) is 0 Å². The molecule has 9 nitrogen and oxygen atoms in total. The monoisotopic (exact) mass is 436 g/mol. The zero-order valence-corrected chi connectivity index (χ0v) is 17.2. The number of methoxy groups -OCH3 is 1. The van der Waals surface area contributed by atoms with Gasteiger partial charge >= 0.3 is 0 Å². The Labute approximate surface area is 182 Å². The SMILES string of the molecule is COc1ccc(-c2ccc(/C=N\NC(=O)Cn3nnc(-c4ccccc4)n3)o2)cc1Cl. The summed E-state index contributed by atoms with van der Waals surface area (Å²) < 4.78 is 10.9. The minimum Gasteiger partial charge on any atom is -0.495 e. The van der Waals surface area contributed by atoms with Crippen LogP contribution in [-0.4, -0.2) is 39.4 Å². The maximum Gasteiger partial charge on any atom is 0.263 e. The highest BCUT2D eigenvalue weighted by atomic mass is 35.5. The number of ether oxygens (including phenoxy) is 1. The van der Waals surface area contributed by atoms with E-state index in [0.29, 0.717) is 28.1 Å². The fourth-order valence-electron chi connectivity index (χ4n) is 2.74. The number of halogens is 1. The number of hydrogen-bond acceptors (Lipinski definition) is 7. The van der Waals surface area contributed by atoms with Crippen molar-refractivity contribution in [2.24, 2.45) is 5.10 Å². The molecule has 1 N–H and O–H groups in total. The number of tetrazole rings is 1. The van der Waals surface area contributed by atoms with Crippen molar-refractivity contribution in [2.75, 3.05) is 7.11 Å². The molecule has 10 heteroatoms. The van der Waals surface area contributed by atoms with Gasteiger partial charge in [-0.15, -0.1) is 10.2 Å². The number of nitrogens with zero attached hydrogens (tertiary/aromatic N) is 5. The Kier molecular flexibility index (Phi) is 6.04. The summed E-state index contributed by atoms with van der Waals surface area (Å²) in [4.78, 5) is 13.3. The third kappa shape index (κ3) is 4.96. The van der Waals surface area contributed by atoms with Gasteiger partial charge in [0.1, 0.15) is 23.8 Å². The van der Waals surface area contributed by atoms with Crippen LogP contribution in [0.3, 0.4) is 0 Å². The second-order valence-corrected chi connectivity index (χ2v) is 6.76. The molecule has 0 radical (unpaired) electrons. The first-order valence-corrected chi connectivity index (χ1v) is 9.59. The van der Waals surface area contributed by atoms with Gasteiger partial charge in [0.15, 0.2) is 0 Å². The molecule has 0 aliphatic heterocycles. The number of carbonyl (C=O) groups excluding carboxylic acids is 1. The zero-order chi connectivity index (χ0) is 21.6. The van der Waals surface area contributed by atoms with Gasteiger partial charge in [0.25, 0.3) is 5.91 Å². The molecule has 0 aliphatic rings. The van der Waals surface area contributed by atoms with Crippen LogP contribution in [0.2, 0.25) is 5.02 Å². The maximum atomic E-state index is 12.1. The zero-order valence-electron chi connectivity index (χ0n) is 16.4. The molecule has 0 bridgehead atoms. The summed E-state index contributed by atoms with van der Waals surface area (Å²) in [5.41, 5.74) is 4.02.